The smallest absolute Gasteiger partial charge is 0.304 e. The van der Waals surface area contributed by atoms with Gasteiger partial charge in [-0.1, -0.05) is 13.8 Å². The quantitative estimate of drug-likeness (QED) is 0.810. The molecule has 3 heteroatoms. The maximum absolute atomic E-state index is 10.6. The first kappa shape index (κ1) is 10.3. The summed E-state index contributed by atoms with van der Waals surface area (Å²) in [6.45, 7) is 5.97. The van der Waals surface area contributed by atoms with Gasteiger partial charge in [0, 0.05) is 10.3 Å². The second-order valence-electron chi connectivity index (χ2n) is 3.84. The number of carboxylic acid groups (broad SMARTS) is 1. The van der Waals surface area contributed by atoms with Gasteiger partial charge < -0.3 is 5.11 Å². The number of rotatable bonds is 3. The lowest BCUT2D eigenvalue weighted by Gasteiger charge is -2.22. The molecule has 0 saturated carbocycles. The largest absolute Gasteiger partial charge is 0.481 e. The Morgan fingerprint density at radius 3 is 2.62 bits per heavy atom. The fourth-order valence-corrected chi connectivity index (χ4v) is 2.44. The molecule has 0 fully saturated rings. The Morgan fingerprint density at radius 2 is 2.23 bits per heavy atom. The van der Waals surface area contributed by atoms with E-state index >= 15 is 0 Å². The Balaban J connectivity index is 2.93. The highest BCUT2D eigenvalue weighted by Gasteiger charge is 2.25. The van der Waals surface area contributed by atoms with Crippen LogP contribution in [0.5, 0.6) is 0 Å². The summed E-state index contributed by atoms with van der Waals surface area (Å²) in [5.74, 6) is -0.740. The van der Waals surface area contributed by atoms with Crippen LogP contribution in [0.2, 0.25) is 0 Å². The lowest BCUT2D eigenvalue weighted by Crippen LogP contribution is -2.21. The summed E-state index contributed by atoms with van der Waals surface area (Å²) >= 11 is 1.67. The van der Waals surface area contributed by atoms with Crippen molar-refractivity contribution in [1.29, 1.82) is 0 Å². The zero-order valence-corrected chi connectivity index (χ0v) is 8.94. The van der Waals surface area contributed by atoms with Crippen molar-refractivity contribution in [2.75, 3.05) is 0 Å². The number of carboxylic acids is 1. The molecule has 0 aliphatic rings. The number of hydrogen-bond acceptors (Lipinski definition) is 2. The molecule has 1 aromatic heterocycles. The van der Waals surface area contributed by atoms with Crippen LogP contribution in [0.4, 0.5) is 0 Å². The first-order chi connectivity index (χ1) is 5.93. The van der Waals surface area contributed by atoms with Gasteiger partial charge in [-0.15, -0.1) is 11.3 Å². The van der Waals surface area contributed by atoms with Crippen LogP contribution in [0.25, 0.3) is 0 Å². The molecule has 0 aliphatic carbocycles. The van der Waals surface area contributed by atoms with Crippen LogP contribution in [-0.2, 0) is 10.2 Å². The summed E-state index contributed by atoms with van der Waals surface area (Å²) in [5, 5.41) is 10.8. The third-order valence-electron chi connectivity index (χ3n) is 2.18. The van der Waals surface area contributed by atoms with Gasteiger partial charge in [-0.05, 0) is 23.9 Å². The molecule has 1 aromatic rings. The van der Waals surface area contributed by atoms with E-state index in [2.05, 4.69) is 0 Å². The van der Waals surface area contributed by atoms with Crippen LogP contribution in [0, 0.1) is 6.92 Å². The van der Waals surface area contributed by atoms with Crippen LogP contribution in [-0.4, -0.2) is 11.1 Å². The normalized spacial score (nSPS) is 11.6. The highest BCUT2D eigenvalue weighted by molar-refractivity contribution is 7.10. The molecule has 72 valence electrons. The number of hydrogen-bond donors (Lipinski definition) is 1. The molecule has 0 atom stereocenters. The van der Waals surface area contributed by atoms with E-state index in [1.807, 2.05) is 32.2 Å². The summed E-state index contributed by atoms with van der Waals surface area (Å²) in [5.41, 5.74) is 0.899. The number of thiophene rings is 1. The predicted molar refractivity (Wildman–Crippen MR) is 54.3 cm³/mol. The summed E-state index contributed by atoms with van der Waals surface area (Å²) in [4.78, 5) is 11.8. The average Bonchev–Trinajstić information content (AvgIpc) is 2.32. The van der Waals surface area contributed by atoms with Gasteiger partial charge in [0.15, 0.2) is 0 Å². The Labute approximate surface area is 82.2 Å². The molecule has 13 heavy (non-hydrogen) atoms. The van der Waals surface area contributed by atoms with Crippen LogP contribution in [0.1, 0.15) is 30.7 Å². The first-order valence-corrected chi connectivity index (χ1v) is 5.08. The van der Waals surface area contributed by atoms with Crippen molar-refractivity contribution >= 4 is 17.3 Å². The SMILES string of the molecule is Cc1sccc1C(C)(C)CC(=O)O. The highest BCUT2D eigenvalue weighted by Crippen LogP contribution is 2.32. The molecular weight excluding hydrogens is 184 g/mol. The van der Waals surface area contributed by atoms with Crippen molar-refractivity contribution in [3.05, 3.63) is 21.9 Å². The van der Waals surface area contributed by atoms with Gasteiger partial charge >= 0.3 is 5.97 Å². The molecule has 0 amide bonds. The zero-order valence-electron chi connectivity index (χ0n) is 8.13. The fourth-order valence-electron chi connectivity index (χ4n) is 1.56. The Bertz CT molecular complexity index is 312. The van der Waals surface area contributed by atoms with Crippen molar-refractivity contribution in [3.63, 3.8) is 0 Å². The molecule has 0 aromatic carbocycles. The van der Waals surface area contributed by atoms with E-state index < -0.39 is 5.97 Å². The third kappa shape index (κ3) is 2.31. The Morgan fingerprint density at radius 1 is 1.62 bits per heavy atom. The first-order valence-electron chi connectivity index (χ1n) is 4.20. The average molecular weight is 198 g/mol. The summed E-state index contributed by atoms with van der Waals surface area (Å²) in [6, 6.07) is 2.02. The van der Waals surface area contributed by atoms with Crippen LogP contribution < -0.4 is 0 Å². The molecule has 1 heterocycles. The van der Waals surface area contributed by atoms with Crippen molar-refractivity contribution in [2.45, 2.75) is 32.6 Å². The maximum Gasteiger partial charge on any atom is 0.304 e. The fraction of sp³-hybridized carbons (Fsp3) is 0.500. The van der Waals surface area contributed by atoms with Crippen LogP contribution in [0.15, 0.2) is 11.4 Å². The summed E-state index contributed by atoms with van der Waals surface area (Å²) in [6.07, 6.45) is 0.185. The van der Waals surface area contributed by atoms with Gasteiger partial charge in [0.25, 0.3) is 0 Å². The van der Waals surface area contributed by atoms with Crippen LogP contribution in [0.3, 0.4) is 0 Å². The van der Waals surface area contributed by atoms with E-state index in [9.17, 15) is 4.79 Å². The molecule has 0 unspecified atom stereocenters. The maximum atomic E-state index is 10.6. The standard InChI is InChI=1S/C10H14O2S/c1-7-8(4-5-13-7)10(2,3)6-9(11)12/h4-5H,6H2,1-3H3,(H,11,12). The van der Waals surface area contributed by atoms with Crippen molar-refractivity contribution in [3.8, 4) is 0 Å². The second-order valence-corrected chi connectivity index (χ2v) is 4.97. The molecule has 1 N–H and O–H groups in total. The van der Waals surface area contributed by atoms with E-state index in [4.69, 9.17) is 5.11 Å². The minimum Gasteiger partial charge on any atom is -0.481 e. The Hall–Kier alpha value is -0.830. The number of aliphatic carboxylic acids is 1. The van der Waals surface area contributed by atoms with Crippen LogP contribution >= 0.6 is 11.3 Å². The van der Waals surface area contributed by atoms with E-state index in [1.165, 1.54) is 4.88 Å². The van der Waals surface area contributed by atoms with Crippen molar-refractivity contribution in [2.24, 2.45) is 0 Å². The van der Waals surface area contributed by atoms with E-state index in [0.29, 0.717) is 0 Å². The van der Waals surface area contributed by atoms with Crippen molar-refractivity contribution in [1.82, 2.24) is 0 Å². The predicted octanol–water partition coefficient (Wildman–Crippen LogP) is 2.81. The van der Waals surface area contributed by atoms with Gasteiger partial charge in [0.05, 0.1) is 6.42 Å². The van der Waals surface area contributed by atoms with Gasteiger partial charge in [0.1, 0.15) is 0 Å². The lowest BCUT2D eigenvalue weighted by molar-refractivity contribution is -0.138. The molecule has 1 rings (SSSR count). The lowest BCUT2D eigenvalue weighted by atomic mass is 9.82. The molecule has 0 saturated heterocycles. The molecule has 0 bridgehead atoms. The molecule has 0 aliphatic heterocycles. The third-order valence-corrected chi connectivity index (χ3v) is 3.03. The highest BCUT2D eigenvalue weighted by atomic mass is 32.1. The monoisotopic (exact) mass is 198 g/mol. The van der Waals surface area contributed by atoms with Gasteiger partial charge in [-0.3, -0.25) is 4.79 Å². The minimum absolute atomic E-state index is 0.185. The Kier molecular flexibility index (Phi) is 2.76. The topological polar surface area (TPSA) is 37.3 Å². The molecular formula is C10H14O2S. The van der Waals surface area contributed by atoms with Gasteiger partial charge in [0.2, 0.25) is 0 Å². The van der Waals surface area contributed by atoms with E-state index in [-0.39, 0.29) is 11.8 Å². The van der Waals surface area contributed by atoms with E-state index in [1.54, 1.807) is 11.3 Å². The van der Waals surface area contributed by atoms with Gasteiger partial charge in [-0.25, -0.2) is 0 Å². The summed E-state index contributed by atoms with van der Waals surface area (Å²) < 4.78 is 0. The minimum atomic E-state index is -0.740. The molecule has 0 radical (unpaired) electrons. The summed E-state index contributed by atoms with van der Waals surface area (Å²) in [7, 11) is 0. The van der Waals surface area contributed by atoms with Gasteiger partial charge in [-0.2, -0.15) is 0 Å². The number of carbonyl (C=O) groups is 1. The molecule has 2 nitrogen and oxygen atoms in total. The molecule has 0 spiro atoms. The van der Waals surface area contributed by atoms with Crippen molar-refractivity contribution < 1.29 is 9.90 Å². The number of aryl methyl sites for hydroxylation is 1. The zero-order chi connectivity index (χ0) is 10.1. The van der Waals surface area contributed by atoms with E-state index in [0.717, 1.165) is 5.56 Å². The second kappa shape index (κ2) is 3.50.